The predicted molar refractivity (Wildman–Crippen MR) is 81.5 cm³/mol. The number of benzene rings is 1. The molecule has 8 heteroatoms. The second-order valence-corrected chi connectivity index (χ2v) is 6.41. The Hall–Kier alpha value is -2.50. The van der Waals surface area contributed by atoms with Gasteiger partial charge in [-0.2, -0.15) is 5.26 Å². The molecule has 0 spiro atoms. The lowest BCUT2D eigenvalue weighted by atomic mass is 10.2. The van der Waals surface area contributed by atoms with Crippen LogP contribution in [0.2, 0.25) is 0 Å². The van der Waals surface area contributed by atoms with E-state index < -0.39 is 10.0 Å². The van der Waals surface area contributed by atoms with Crippen LogP contribution in [-0.2, 0) is 16.6 Å². The average molecular weight is 317 g/mol. The maximum Gasteiger partial charge on any atom is 0.242 e. The van der Waals surface area contributed by atoms with E-state index in [0.29, 0.717) is 11.6 Å². The van der Waals surface area contributed by atoms with Gasteiger partial charge in [0.1, 0.15) is 6.07 Å². The monoisotopic (exact) mass is 317 g/mol. The summed E-state index contributed by atoms with van der Waals surface area (Å²) >= 11 is 0. The number of sulfonamides is 1. The van der Waals surface area contributed by atoms with Crippen molar-refractivity contribution in [2.75, 3.05) is 19.0 Å². The van der Waals surface area contributed by atoms with Gasteiger partial charge >= 0.3 is 0 Å². The first kappa shape index (κ1) is 15.9. The fourth-order valence-corrected chi connectivity index (χ4v) is 2.89. The molecule has 0 amide bonds. The summed E-state index contributed by atoms with van der Waals surface area (Å²) in [7, 11) is -0.185. The first-order valence-corrected chi connectivity index (χ1v) is 7.90. The Kier molecular flexibility index (Phi) is 4.70. The summed E-state index contributed by atoms with van der Waals surface area (Å²) in [4.78, 5) is 9.98. The summed E-state index contributed by atoms with van der Waals surface area (Å²) in [6.07, 6.45) is 1.56. The molecule has 7 nitrogen and oxygen atoms in total. The number of nitrogens with zero attached hydrogens (tertiary/aromatic N) is 4. The Balaban J connectivity index is 2.20. The number of hydrogen-bond donors (Lipinski definition) is 1. The highest BCUT2D eigenvalue weighted by atomic mass is 32.2. The smallest absolute Gasteiger partial charge is 0.242 e. The van der Waals surface area contributed by atoms with Crippen molar-refractivity contribution >= 4 is 16.0 Å². The van der Waals surface area contributed by atoms with Gasteiger partial charge in [0.2, 0.25) is 16.0 Å². The Morgan fingerprint density at radius 2 is 2.00 bits per heavy atom. The molecule has 0 unspecified atom stereocenters. The maximum atomic E-state index is 12.3. The summed E-state index contributed by atoms with van der Waals surface area (Å²) in [5.41, 5.74) is 0.642. The topological polar surface area (TPSA) is 99.0 Å². The number of anilines is 1. The van der Waals surface area contributed by atoms with Crippen molar-refractivity contribution in [3.63, 3.8) is 0 Å². The van der Waals surface area contributed by atoms with Crippen molar-refractivity contribution in [2.45, 2.75) is 11.4 Å². The second-order valence-electron chi connectivity index (χ2n) is 4.67. The number of nitrogens with one attached hydrogen (secondary N) is 1. The largest absolute Gasteiger partial charge is 0.347 e. The van der Waals surface area contributed by atoms with Crippen LogP contribution in [0, 0.1) is 11.3 Å². The maximum absolute atomic E-state index is 12.3. The van der Waals surface area contributed by atoms with Crippen LogP contribution in [0.5, 0.6) is 0 Å². The van der Waals surface area contributed by atoms with Crippen LogP contribution in [0.25, 0.3) is 0 Å². The summed E-state index contributed by atoms with van der Waals surface area (Å²) in [5, 5.41) is 9.00. The summed E-state index contributed by atoms with van der Waals surface area (Å²) < 4.78 is 27.0. The molecule has 0 atom stereocenters. The fraction of sp³-hybridized carbons (Fsp3) is 0.214. The minimum Gasteiger partial charge on any atom is -0.347 e. The lowest BCUT2D eigenvalue weighted by Crippen LogP contribution is -2.25. The van der Waals surface area contributed by atoms with Crippen LogP contribution < -0.4 is 9.62 Å². The number of hydrogen-bond acceptors (Lipinski definition) is 6. The second kappa shape index (κ2) is 6.51. The molecule has 0 radical (unpaired) electrons. The fourth-order valence-electron chi connectivity index (χ4n) is 1.74. The molecule has 22 heavy (non-hydrogen) atoms. The number of aromatic nitrogens is 2. The molecular weight excluding hydrogens is 302 g/mol. The van der Waals surface area contributed by atoms with Gasteiger partial charge in [0.25, 0.3) is 0 Å². The van der Waals surface area contributed by atoms with Gasteiger partial charge in [-0.3, -0.25) is 0 Å². The van der Waals surface area contributed by atoms with Crippen molar-refractivity contribution in [3.8, 4) is 6.07 Å². The molecule has 1 aromatic heterocycles. The van der Waals surface area contributed by atoms with E-state index in [1.165, 1.54) is 12.1 Å². The van der Waals surface area contributed by atoms with Crippen molar-refractivity contribution < 1.29 is 8.42 Å². The van der Waals surface area contributed by atoms with Gasteiger partial charge in [-0.25, -0.2) is 23.1 Å². The minimum absolute atomic E-state index is 0.0193. The molecule has 1 N–H and O–H groups in total. The SMILES string of the molecule is CN(C)c1nccc(CNS(=O)(=O)c2ccccc2C#N)n1. The highest BCUT2D eigenvalue weighted by Crippen LogP contribution is 2.14. The van der Waals surface area contributed by atoms with Crippen LogP contribution in [0.3, 0.4) is 0 Å². The van der Waals surface area contributed by atoms with Gasteiger partial charge in [-0.05, 0) is 18.2 Å². The van der Waals surface area contributed by atoms with E-state index in [9.17, 15) is 8.42 Å². The minimum atomic E-state index is -3.78. The first-order chi connectivity index (χ1) is 10.4. The summed E-state index contributed by atoms with van der Waals surface area (Å²) in [6, 6.07) is 9.55. The Bertz CT molecular complexity index is 812. The van der Waals surface area contributed by atoms with E-state index in [0.717, 1.165) is 0 Å². The molecule has 0 fully saturated rings. The lowest BCUT2D eigenvalue weighted by Gasteiger charge is -2.11. The van der Waals surface area contributed by atoms with Crippen molar-refractivity contribution in [2.24, 2.45) is 0 Å². The van der Waals surface area contributed by atoms with Crippen LogP contribution in [-0.4, -0.2) is 32.5 Å². The molecule has 1 heterocycles. The van der Waals surface area contributed by atoms with Crippen LogP contribution in [0.1, 0.15) is 11.3 Å². The normalized spacial score (nSPS) is 11.0. The van der Waals surface area contributed by atoms with E-state index in [-0.39, 0.29) is 17.0 Å². The summed E-state index contributed by atoms with van der Waals surface area (Å²) in [5.74, 6) is 0.495. The number of nitriles is 1. The highest BCUT2D eigenvalue weighted by molar-refractivity contribution is 7.89. The molecule has 2 rings (SSSR count). The van der Waals surface area contributed by atoms with Gasteiger partial charge < -0.3 is 4.90 Å². The quantitative estimate of drug-likeness (QED) is 0.879. The van der Waals surface area contributed by atoms with Crippen molar-refractivity contribution in [3.05, 3.63) is 47.8 Å². The molecule has 0 saturated carbocycles. The van der Waals surface area contributed by atoms with Crippen molar-refractivity contribution in [1.29, 1.82) is 5.26 Å². The van der Waals surface area contributed by atoms with Crippen LogP contribution >= 0.6 is 0 Å². The highest BCUT2D eigenvalue weighted by Gasteiger charge is 2.18. The zero-order valence-corrected chi connectivity index (χ0v) is 13.0. The summed E-state index contributed by atoms with van der Waals surface area (Å²) in [6.45, 7) is 0.0193. The molecule has 1 aromatic carbocycles. The van der Waals surface area contributed by atoms with E-state index in [1.807, 2.05) is 6.07 Å². The van der Waals surface area contributed by atoms with E-state index in [2.05, 4.69) is 14.7 Å². The van der Waals surface area contributed by atoms with Crippen LogP contribution in [0.15, 0.2) is 41.4 Å². The third-order valence-corrected chi connectivity index (χ3v) is 4.30. The van der Waals surface area contributed by atoms with Gasteiger partial charge in [0.15, 0.2) is 0 Å². The van der Waals surface area contributed by atoms with Gasteiger partial charge in [0, 0.05) is 20.3 Å². The first-order valence-electron chi connectivity index (χ1n) is 6.42. The average Bonchev–Trinajstić information content (AvgIpc) is 2.53. The van der Waals surface area contributed by atoms with E-state index in [4.69, 9.17) is 5.26 Å². The van der Waals surface area contributed by atoms with Crippen LogP contribution in [0.4, 0.5) is 5.95 Å². The molecule has 0 saturated heterocycles. The third kappa shape index (κ3) is 3.58. The van der Waals surface area contributed by atoms with Gasteiger partial charge in [-0.1, -0.05) is 12.1 Å². The third-order valence-electron chi connectivity index (χ3n) is 2.84. The van der Waals surface area contributed by atoms with E-state index >= 15 is 0 Å². The molecule has 0 aliphatic heterocycles. The molecular formula is C14H15N5O2S. The zero-order valence-electron chi connectivity index (χ0n) is 12.2. The van der Waals surface area contributed by atoms with Gasteiger partial charge in [-0.15, -0.1) is 0 Å². The Morgan fingerprint density at radius 1 is 1.27 bits per heavy atom. The molecule has 0 aliphatic carbocycles. The number of rotatable bonds is 5. The molecule has 114 valence electrons. The molecule has 0 aliphatic rings. The zero-order chi connectivity index (χ0) is 16.2. The predicted octanol–water partition coefficient (Wildman–Crippen LogP) is 0.893. The van der Waals surface area contributed by atoms with Gasteiger partial charge in [0.05, 0.1) is 22.7 Å². The molecule has 0 bridgehead atoms. The lowest BCUT2D eigenvalue weighted by molar-refractivity contribution is 0.580. The Labute approximate surface area is 129 Å². The molecule has 2 aromatic rings. The Morgan fingerprint density at radius 3 is 2.68 bits per heavy atom. The standard InChI is InChI=1S/C14H15N5O2S/c1-19(2)14-16-8-7-12(18-14)10-17-22(20,21)13-6-4-3-5-11(13)9-15/h3-8,17H,10H2,1-2H3. The van der Waals surface area contributed by atoms with E-state index in [1.54, 1.807) is 43.4 Å². The van der Waals surface area contributed by atoms with Crippen molar-refractivity contribution in [1.82, 2.24) is 14.7 Å².